The highest BCUT2D eigenvalue weighted by Crippen LogP contribution is 2.17. The zero-order valence-electron chi connectivity index (χ0n) is 9.42. The number of nitrogens with zero attached hydrogens (tertiary/aromatic N) is 4. The minimum absolute atomic E-state index is 0.291. The molecule has 0 fully saturated rings. The van der Waals surface area contributed by atoms with Crippen molar-refractivity contribution in [3.63, 3.8) is 0 Å². The molecule has 2 aromatic heterocycles. The van der Waals surface area contributed by atoms with E-state index in [0.29, 0.717) is 17.8 Å². The van der Waals surface area contributed by atoms with Crippen molar-refractivity contribution < 1.29 is 4.39 Å². The van der Waals surface area contributed by atoms with E-state index in [2.05, 4.69) is 15.1 Å². The highest BCUT2D eigenvalue weighted by atomic mass is 19.1. The van der Waals surface area contributed by atoms with Gasteiger partial charge in [-0.1, -0.05) is 0 Å². The second kappa shape index (κ2) is 4.15. The van der Waals surface area contributed by atoms with Gasteiger partial charge in [-0.2, -0.15) is 5.10 Å². The van der Waals surface area contributed by atoms with Crippen molar-refractivity contribution in [3.8, 4) is 5.69 Å². The number of pyridine rings is 1. The van der Waals surface area contributed by atoms with Gasteiger partial charge in [0.25, 0.3) is 0 Å². The molecule has 6 heteroatoms. The Morgan fingerprint density at radius 3 is 2.94 bits per heavy atom. The molecule has 0 saturated carbocycles. The summed E-state index contributed by atoms with van der Waals surface area (Å²) >= 11 is 0. The number of halogens is 1. The zero-order valence-corrected chi connectivity index (χ0v) is 9.42. The van der Waals surface area contributed by atoms with Crippen molar-refractivity contribution in [2.24, 2.45) is 5.73 Å². The molecular weight excluding hydrogens is 233 g/mol. The number of benzene rings is 1. The molecule has 3 rings (SSSR count). The molecule has 90 valence electrons. The molecule has 0 aliphatic rings. The van der Waals surface area contributed by atoms with E-state index in [-0.39, 0.29) is 5.82 Å². The lowest BCUT2D eigenvalue weighted by atomic mass is 10.2. The Kier molecular flexibility index (Phi) is 2.49. The first-order valence-corrected chi connectivity index (χ1v) is 5.42. The Morgan fingerprint density at radius 2 is 2.11 bits per heavy atom. The van der Waals surface area contributed by atoms with Gasteiger partial charge in [-0.3, -0.25) is 4.98 Å². The third kappa shape index (κ3) is 1.72. The number of fused-ring (bicyclic) bond motifs is 1. The van der Waals surface area contributed by atoms with E-state index in [1.54, 1.807) is 10.7 Å². The van der Waals surface area contributed by atoms with Gasteiger partial charge < -0.3 is 5.73 Å². The fourth-order valence-corrected chi connectivity index (χ4v) is 1.84. The summed E-state index contributed by atoms with van der Waals surface area (Å²) in [5.41, 5.74) is 7.09. The van der Waals surface area contributed by atoms with Gasteiger partial charge in [0.2, 0.25) is 0 Å². The lowest BCUT2D eigenvalue weighted by Gasteiger charge is -2.05. The summed E-state index contributed by atoms with van der Waals surface area (Å²) in [5, 5.41) is 4.81. The normalized spacial score (nSPS) is 11.0. The maximum Gasteiger partial charge on any atom is 0.145 e. The number of hydrogen-bond acceptors (Lipinski definition) is 4. The Balaban J connectivity index is 2.18. The summed E-state index contributed by atoms with van der Waals surface area (Å²) in [7, 11) is 0. The van der Waals surface area contributed by atoms with E-state index >= 15 is 0 Å². The molecule has 0 atom stereocenters. The van der Waals surface area contributed by atoms with Crippen LogP contribution in [0, 0.1) is 5.82 Å². The predicted octanol–water partition coefficient (Wildman–Crippen LogP) is 1.41. The van der Waals surface area contributed by atoms with E-state index in [1.807, 2.05) is 12.1 Å². The molecule has 1 aromatic carbocycles. The number of rotatable bonds is 2. The summed E-state index contributed by atoms with van der Waals surface area (Å²) in [4.78, 5) is 8.05. The SMILES string of the molecule is NCc1ncnn1-c1ccc2ncc(F)cc2c1. The van der Waals surface area contributed by atoms with Crippen LogP contribution in [0.3, 0.4) is 0 Å². The molecule has 0 amide bonds. The average molecular weight is 243 g/mol. The average Bonchev–Trinajstić information content (AvgIpc) is 2.86. The molecule has 0 spiro atoms. The van der Waals surface area contributed by atoms with Crippen molar-refractivity contribution in [2.45, 2.75) is 6.54 Å². The fraction of sp³-hybridized carbons (Fsp3) is 0.0833. The van der Waals surface area contributed by atoms with Gasteiger partial charge >= 0.3 is 0 Å². The maximum atomic E-state index is 13.1. The summed E-state index contributed by atoms with van der Waals surface area (Å²) in [6.45, 7) is 0.291. The molecule has 3 aromatic rings. The van der Waals surface area contributed by atoms with E-state index in [0.717, 1.165) is 11.2 Å². The molecule has 0 unspecified atom stereocenters. The summed E-state index contributed by atoms with van der Waals surface area (Å²) in [5.74, 6) is 0.288. The van der Waals surface area contributed by atoms with Gasteiger partial charge in [0.15, 0.2) is 0 Å². The quantitative estimate of drug-likeness (QED) is 0.738. The second-order valence-corrected chi connectivity index (χ2v) is 3.82. The first-order valence-electron chi connectivity index (χ1n) is 5.42. The van der Waals surface area contributed by atoms with Crippen LogP contribution in [0.2, 0.25) is 0 Å². The van der Waals surface area contributed by atoms with Crippen LogP contribution in [0.5, 0.6) is 0 Å². The fourth-order valence-electron chi connectivity index (χ4n) is 1.84. The van der Waals surface area contributed by atoms with Gasteiger partial charge in [-0.05, 0) is 24.3 Å². The van der Waals surface area contributed by atoms with Crippen LogP contribution in [0.25, 0.3) is 16.6 Å². The van der Waals surface area contributed by atoms with Crippen LogP contribution in [-0.2, 0) is 6.54 Å². The Labute approximate surface area is 102 Å². The van der Waals surface area contributed by atoms with E-state index in [1.165, 1.54) is 18.6 Å². The highest BCUT2D eigenvalue weighted by Gasteiger charge is 2.06. The van der Waals surface area contributed by atoms with Crippen molar-refractivity contribution in [1.82, 2.24) is 19.7 Å². The predicted molar refractivity (Wildman–Crippen MR) is 64.5 cm³/mol. The molecule has 0 bridgehead atoms. The second-order valence-electron chi connectivity index (χ2n) is 3.82. The van der Waals surface area contributed by atoms with Gasteiger partial charge in [0.1, 0.15) is 18.0 Å². The van der Waals surface area contributed by atoms with Crippen LogP contribution < -0.4 is 5.73 Å². The summed E-state index contributed by atoms with van der Waals surface area (Å²) < 4.78 is 14.8. The van der Waals surface area contributed by atoms with Crippen molar-refractivity contribution in [2.75, 3.05) is 0 Å². The van der Waals surface area contributed by atoms with Gasteiger partial charge in [0.05, 0.1) is 23.9 Å². The van der Waals surface area contributed by atoms with Crippen LogP contribution in [-0.4, -0.2) is 19.7 Å². The van der Waals surface area contributed by atoms with E-state index < -0.39 is 0 Å². The minimum Gasteiger partial charge on any atom is -0.324 e. The van der Waals surface area contributed by atoms with Crippen LogP contribution >= 0.6 is 0 Å². The maximum absolute atomic E-state index is 13.1. The van der Waals surface area contributed by atoms with Crippen molar-refractivity contribution in [3.05, 3.63) is 48.4 Å². The Hall–Kier alpha value is -2.34. The Bertz CT molecular complexity index is 707. The Morgan fingerprint density at radius 1 is 1.22 bits per heavy atom. The highest BCUT2D eigenvalue weighted by molar-refractivity contribution is 5.80. The topological polar surface area (TPSA) is 69.6 Å². The zero-order chi connectivity index (χ0) is 12.5. The minimum atomic E-state index is -0.364. The molecule has 0 aliphatic heterocycles. The monoisotopic (exact) mass is 243 g/mol. The molecule has 5 nitrogen and oxygen atoms in total. The smallest absolute Gasteiger partial charge is 0.145 e. The van der Waals surface area contributed by atoms with Crippen LogP contribution in [0.1, 0.15) is 5.82 Å². The summed E-state index contributed by atoms with van der Waals surface area (Å²) in [6.07, 6.45) is 2.64. The molecule has 2 N–H and O–H groups in total. The molecule has 0 aliphatic carbocycles. The van der Waals surface area contributed by atoms with E-state index in [9.17, 15) is 4.39 Å². The lowest BCUT2D eigenvalue weighted by Crippen LogP contribution is -2.07. The first-order chi connectivity index (χ1) is 8.78. The standard InChI is InChI=1S/C12H10FN5/c13-9-3-8-4-10(1-2-11(8)15-6-9)18-12(5-14)16-7-17-18/h1-4,6-7H,5,14H2. The summed E-state index contributed by atoms with van der Waals surface area (Å²) in [6, 6.07) is 6.90. The van der Waals surface area contributed by atoms with Crippen LogP contribution in [0.4, 0.5) is 4.39 Å². The first kappa shape index (κ1) is 10.8. The molecule has 2 heterocycles. The molecule has 0 radical (unpaired) electrons. The van der Waals surface area contributed by atoms with Crippen LogP contribution in [0.15, 0.2) is 36.8 Å². The number of nitrogens with two attached hydrogens (primary N) is 1. The molecule has 18 heavy (non-hydrogen) atoms. The number of aromatic nitrogens is 4. The van der Waals surface area contributed by atoms with Gasteiger partial charge in [-0.15, -0.1) is 0 Å². The van der Waals surface area contributed by atoms with E-state index in [4.69, 9.17) is 5.73 Å². The number of hydrogen-bond donors (Lipinski definition) is 1. The third-order valence-electron chi connectivity index (χ3n) is 2.68. The largest absolute Gasteiger partial charge is 0.324 e. The molecule has 0 saturated heterocycles. The van der Waals surface area contributed by atoms with Crippen molar-refractivity contribution >= 4 is 10.9 Å². The van der Waals surface area contributed by atoms with Gasteiger partial charge in [0, 0.05) is 5.39 Å². The van der Waals surface area contributed by atoms with Crippen molar-refractivity contribution in [1.29, 1.82) is 0 Å². The van der Waals surface area contributed by atoms with Gasteiger partial charge in [-0.25, -0.2) is 14.1 Å². The third-order valence-corrected chi connectivity index (χ3v) is 2.68. The molecular formula is C12H10FN5. The lowest BCUT2D eigenvalue weighted by molar-refractivity contribution is 0.624.